The molecule has 0 saturated heterocycles. The van der Waals surface area contributed by atoms with Crippen LogP contribution in [0.2, 0.25) is 5.15 Å². The molecule has 1 rings (SSSR count). The number of ether oxygens (including phenoxy) is 1. The molecule has 0 radical (unpaired) electrons. The summed E-state index contributed by atoms with van der Waals surface area (Å²) >= 11 is 7.03. The Hall–Kier alpha value is -0.360. The lowest BCUT2D eigenvalue weighted by atomic mass is 10.3. The van der Waals surface area contributed by atoms with Gasteiger partial charge in [0.05, 0.1) is 19.3 Å². The minimum Gasteiger partial charge on any atom is -0.394 e. The first kappa shape index (κ1) is 10.7. The predicted molar refractivity (Wildman–Crippen MR) is 53.5 cm³/mol. The second-order valence-electron chi connectivity index (χ2n) is 2.45. The average Bonchev–Trinajstić information content (AvgIpc) is 2.50. The Kier molecular flexibility index (Phi) is 4.44. The summed E-state index contributed by atoms with van der Waals surface area (Å²) in [4.78, 5) is 3.99. The number of thiazole rings is 1. The van der Waals surface area contributed by atoms with E-state index >= 15 is 0 Å². The molecule has 2 N–H and O–H groups in total. The Morgan fingerprint density at radius 1 is 1.85 bits per heavy atom. The summed E-state index contributed by atoms with van der Waals surface area (Å²) in [6.07, 6.45) is 0. The number of aliphatic hydroxyl groups excluding tert-OH is 1. The summed E-state index contributed by atoms with van der Waals surface area (Å²) in [5, 5.41) is 14.8. The van der Waals surface area contributed by atoms with Crippen molar-refractivity contribution in [3.8, 4) is 0 Å². The molecule has 0 amide bonds. The molecule has 0 aromatic carbocycles. The summed E-state index contributed by atoms with van der Waals surface area (Å²) in [6, 6.07) is -0.132. The average molecular weight is 223 g/mol. The number of methoxy groups -OCH3 is 1. The van der Waals surface area contributed by atoms with Gasteiger partial charge in [-0.15, -0.1) is 11.3 Å². The largest absolute Gasteiger partial charge is 0.394 e. The minimum absolute atomic E-state index is 0.00500. The van der Waals surface area contributed by atoms with Crippen LogP contribution in [0.25, 0.3) is 0 Å². The number of hydrogen-bond acceptors (Lipinski definition) is 5. The molecule has 1 atom stereocenters. The van der Waals surface area contributed by atoms with Crippen molar-refractivity contribution >= 4 is 28.1 Å². The molecule has 1 unspecified atom stereocenters. The van der Waals surface area contributed by atoms with Crippen molar-refractivity contribution in [3.05, 3.63) is 10.5 Å². The number of rotatable bonds is 5. The third-order valence-corrected chi connectivity index (χ3v) is 2.49. The highest BCUT2D eigenvalue weighted by Crippen LogP contribution is 2.19. The van der Waals surface area contributed by atoms with Crippen LogP contribution in [0.1, 0.15) is 0 Å². The molecule has 1 aromatic heterocycles. The van der Waals surface area contributed by atoms with Crippen molar-refractivity contribution in [2.75, 3.05) is 25.6 Å². The van der Waals surface area contributed by atoms with E-state index in [-0.39, 0.29) is 12.6 Å². The first-order valence-electron chi connectivity index (χ1n) is 3.73. The number of anilines is 1. The summed E-state index contributed by atoms with van der Waals surface area (Å²) in [5.74, 6) is 0. The van der Waals surface area contributed by atoms with Crippen LogP contribution in [0.15, 0.2) is 5.38 Å². The molecule has 0 aliphatic carbocycles. The summed E-state index contributed by atoms with van der Waals surface area (Å²) in [7, 11) is 1.58. The van der Waals surface area contributed by atoms with Gasteiger partial charge in [-0.1, -0.05) is 11.6 Å². The van der Waals surface area contributed by atoms with E-state index in [9.17, 15) is 0 Å². The second kappa shape index (κ2) is 5.39. The zero-order chi connectivity index (χ0) is 9.68. The lowest BCUT2D eigenvalue weighted by Crippen LogP contribution is -2.28. The first-order valence-corrected chi connectivity index (χ1v) is 4.99. The number of nitrogens with zero attached hydrogens (tertiary/aromatic N) is 1. The highest BCUT2D eigenvalue weighted by atomic mass is 35.5. The number of hydrogen-bond donors (Lipinski definition) is 2. The molecule has 0 saturated carbocycles. The van der Waals surface area contributed by atoms with Crippen LogP contribution in [0.5, 0.6) is 0 Å². The van der Waals surface area contributed by atoms with Gasteiger partial charge < -0.3 is 15.2 Å². The highest BCUT2D eigenvalue weighted by Gasteiger charge is 2.08. The van der Waals surface area contributed by atoms with Crippen LogP contribution in [-0.4, -0.2) is 36.5 Å². The van der Waals surface area contributed by atoms with Crippen molar-refractivity contribution in [3.63, 3.8) is 0 Å². The van der Waals surface area contributed by atoms with Gasteiger partial charge >= 0.3 is 0 Å². The molecule has 0 spiro atoms. The molecule has 0 bridgehead atoms. The summed E-state index contributed by atoms with van der Waals surface area (Å²) < 4.78 is 4.90. The van der Waals surface area contributed by atoms with Crippen LogP contribution >= 0.6 is 22.9 Å². The Balaban J connectivity index is 2.46. The highest BCUT2D eigenvalue weighted by molar-refractivity contribution is 7.14. The van der Waals surface area contributed by atoms with E-state index in [1.54, 1.807) is 12.5 Å². The third kappa shape index (κ3) is 3.48. The molecular formula is C7H11ClN2O2S. The zero-order valence-corrected chi connectivity index (χ0v) is 8.73. The summed E-state index contributed by atoms with van der Waals surface area (Å²) in [6.45, 7) is 0.443. The third-order valence-electron chi connectivity index (χ3n) is 1.39. The Morgan fingerprint density at radius 3 is 3.08 bits per heavy atom. The van der Waals surface area contributed by atoms with Gasteiger partial charge in [0.2, 0.25) is 0 Å². The smallest absolute Gasteiger partial charge is 0.184 e. The molecule has 6 heteroatoms. The molecule has 0 aliphatic rings. The molecule has 4 nitrogen and oxygen atoms in total. The number of nitrogens with one attached hydrogen (secondary N) is 1. The molecule has 1 aromatic rings. The minimum atomic E-state index is -0.132. The van der Waals surface area contributed by atoms with Gasteiger partial charge in [0.1, 0.15) is 5.15 Å². The van der Waals surface area contributed by atoms with Gasteiger partial charge in [-0.3, -0.25) is 0 Å². The first-order chi connectivity index (χ1) is 6.26. The van der Waals surface area contributed by atoms with Crippen LogP contribution < -0.4 is 5.32 Å². The van der Waals surface area contributed by atoms with Gasteiger partial charge in [0.25, 0.3) is 0 Å². The van der Waals surface area contributed by atoms with Crippen molar-refractivity contribution in [2.24, 2.45) is 0 Å². The zero-order valence-electron chi connectivity index (χ0n) is 7.16. The van der Waals surface area contributed by atoms with E-state index in [4.69, 9.17) is 21.4 Å². The lowest BCUT2D eigenvalue weighted by molar-refractivity contribution is 0.153. The van der Waals surface area contributed by atoms with Gasteiger partial charge in [0.15, 0.2) is 5.13 Å². The monoisotopic (exact) mass is 222 g/mol. The number of halogens is 1. The molecule has 0 aliphatic heterocycles. The molecule has 1 heterocycles. The van der Waals surface area contributed by atoms with Gasteiger partial charge in [-0.2, -0.15) is 0 Å². The number of aliphatic hydroxyl groups is 1. The maximum absolute atomic E-state index is 8.93. The molecule has 13 heavy (non-hydrogen) atoms. The van der Waals surface area contributed by atoms with Crippen molar-refractivity contribution in [1.82, 2.24) is 4.98 Å². The van der Waals surface area contributed by atoms with E-state index in [0.717, 1.165) is 0 Å². The van der Waals surface area contributed by atoms with Crippen LogP contribution in [0, 0.1) is 0 Å². The lowest BCUT2D eigenvalue weighted by Gasteiger charge is -2.13. The van der Waals surface area contributed by atoms with Crippen molar-refractivity contribution in [1.29, 1.82) is 0 Å². The van der Waals surface area contributed by atoms with E-state index in [1.807, 2.05) is 0 Å². The van der Waals surface area contributed by atoms with Crippen LogP contribution in [0.4, 0.5) is 5.13 Å². The van der Waals surface area contributed by atoms with Gasteiger partial charge in [-0.25, -0.2) is 4.98 Å². The standard InChI is InChI=1S/C7H11ClN2O2S/c1-12-3-5(2-11)9-7-10-6(8)4-13-7/h4-5,11H,2-3H2,1H3,(H,9,10). The number of aromatic nitrogens is 1. The normalized spacial score (nSPS) is 12.8. The van der Waals surface area contributed by atoms with Crippen LogP contribution in [-0.2, 0) is 4.74 Å². The Bertz CT molecular complexity index is 256. The quantitative estimate of drug-likeness (QED) is 0.787. The van der Waals surface area contributed by atoms with E-state index in [1.165, 1.54) is 11.3 Å². The topological polar surface area (TPSA) is 54.4 Å². The Morgan fingerprint density at radius 2 is 2.62 bits per heavy atom. The second-order valence-corrected chi connectivity index (χ2v) is 3.70. The predicted octanol–water partition coefficient (Wildman–Crippen LogP) is 1.22. The fourth-order valence-electron chi connectivity index (χ4n) is 0.836. The fraction of sp³-hybridized carbons (Fsp3) is 0.571. The maximum Gasteiger partial charge on any atom is 0.184 e. The van der Waals surface area contributed by atoms with Gasteiger partial charge in [-0.05, 0) is 0 Å². The molecular weight excluding hydrogens is 212 g/mol. The van der Waals surface area contributed by atoms with Crippen molar-refractivity contribution < 1.29 is 9.84 Å². The van der Waals surface area contributed by atoms with Crippen LogP contribution in [0.3, 0.4) is 0 Å². The SMILES string of the molecule is COCC(CO)Nc1nc(Cl)cs1. The van der Waals surface area contributed by atoms with Crippen molar-refractivity contribution in [2.45, 2.75) is 6.04 Å². The summed E-state index contributed by atoms with van der Waals surface area (Å²) in [5.41, 5.74) is 0. The van der Waals surface area contributed by atoms with E-state index in [0.29, 0.717) is 16.9 Å². The fourth-order valence-corrected chi connectivity index (χ4v) is 1.75. The molecule has 74 valence electrons. The molecule has 0 fully saturated rings. The van der Waals surface area contributed by atoms with E-state index < -0.39 is 0 Å². The maximum atomic E-state index is 8.93. The van der Waals surface area contributed by atoms with Gasteiger partial charge in [0, 0.05) is 12.5 Å². The van der Waals surface area contributed by atoms with E-state index in [2.05, 4.69) is 10.3 Å². The Labute approximate surface area is 85.5 Å².